The highest BCUT2D eigenvalue weighted by molar-refractivity contribution is 9.10. The molecule has 0 bridgehead atoms. The van der Waals surface area contributed by atoms with Crippen LogP contribution < -0.4 is 4.74 Å². The molecule has 0 saturated heterocycles. The highest BCUT2D eigenvalue weighted by Gasteiger charge is 2.16. The zero-order valence-electron chi connectivity index (χ0n) is 18.0. The third-order valence-electron chi connectivity index (χ3n) is 5.11. The van der Waals surface area contributed by atoms with Crippen LogP contribution in [0.3, 0.4) is 0 Å². The summed E-state index contributed by atoms with van der Waals surface area (Å²) in [7, 11) is 1.64. The number of ether oxygens (including phenoxy) is 1. The first kappa shape index (κ1) is 22.2. The summed E-state index contributed by atoms with van der Waals surface area (Å²) in [5.41, 5.74) is 4.61. The second-order valence-corrected chi connectivity index (χ2v) is 8.27. The predicted octanol–water partition coefficient (Wildman–Crippen LogP) is 6.92. The molecule has 158 valence electrons. The van der Waals surface area contributed by atoms with E-state index in [9.17, 15) is 4.79 Å². The van der Waals surface area contributed by atoms with Gasteiger partial charge in [-0.2, -0.15) is 0 Å². The van der Waals surface area contributed by atoms with Gasteiger partial charge < -0.3 is 14.1 Å². The van der Waals surface area contributed by atoms with Gasteiger partial charge in [0.2, 0.25) is 5.91 Å². The van der Waals surface area contributed by atoms with E-state index in [1.807, 2.05) is 30.0 Å². The summed E-state index contributed by atoms with van der Waals surface area (Å²) in [5.74, 6) is 0.733. The molecule has 0 unspecified atom stereocenters. The highest BCUT2D eigenvalue weighted by atomic mass is 79.9. The smallest absolute Gasteiger partial charge is 0.246 e. The number of rotatable bonds is 8. The Morgan fingerprint density at radius 3 is 2.40 bits per heavy atom. The van der Waals surface area contributed by atoms with E-state index in [1.165, 1.54) is 0 Å². The summed E-state index contributed by atoms with van der Waals surface area (Å²) in [6, 6.07) is 12.1. The monoisotopic (exact) mass is 469 g/mol. The minimum atomic E-state index is 0.0404. The van der Waals surface area contributed by atoms with Crippen LogP contribution in [-0.4, -0.2) is 31.0 Å². The topological polar surface area (TPSA) is 42.7 Å². The number of halogens is 1. The molecule has 1 amide bonds. The minimum absolute atomic E-state index is 0.0404. The fourth-order valence-electron chi connectivity index (χ4n) is 3.61. The molecule has 4 nitrogen and oxygen atoms in total. The molecule has 1 heterocycles. The third-order valence-corrected chi connectivity index (χ3v) is 5.64. The summed E-state index contributed by atoms with van der Waals surface area (Å²) in [5, 5.41) is 0.993. The van der Waals surface area contributed by atoms with Gasteiger partial charge >= 0.3 is 0 Å². The summed E-state index contributed by atoms with van der Waals surface area (Å²) >= 11 is 3.48. The number of benzene rings is 2. The van der Waals surface area contributed by atoms with E-state index in [0.717, 1.165) is 63.6 Å². The number of furan rings is 1. The molecule has 0 atom stereocenters. The Hall–Kier alpha value is -2.53. The average molecular weight is 470 g/mol. The summed E-state index contributed by atoms with van der Waals surface area (Å²) in [6.07, 6.45) is 5.37. The number of hydrogen-bond acceptors (Lipinski definition) is 3. The Bertz CT molecular complexity index is 1040. The number of allylic oxidation sites excluding steroid dienone is 1. The molecule has 2 aromatic carbocycles. The van der Waals surface area contributed by atoms with Crippen molar-refractivity contribution in [1.82, 2.24) is 4.90 Å². The Labute approximate surface area is 186 Å². The van der Waals surface area contributed by atoms with Gasteiger partial charge in [-0.1, -0.05) is 41.9 Å². The highest BCUT2D eigenvalue weighted by Crippen LogP contribution is 2.37. The Morgan fingerprint density at radius 1 is 1.13 bits per heavy atom. The lowest BCUT2D eigenvalue weighted by Gasteiger charge is -2.20. The molecule has 3 aromatic rings. The van der Waals surface area contributed by atoms with Gasteiger partial charge in [-0.05, 0) is 49.1 Å². The molecule has 5 heteroatoms. The van der Waals surface area contributed by atoms with Crippen LogP contribution in [0.1, 0.15) is 39.2 Å². The van der Waals surface area contributed by atoms with Crippen molar-refractivity contribution < 1.29 is 13.9 Å². The lowest BCUT2D eigenvalue weighted by atomic mass is 9.99. The molecule has 0 N–H and O–H groups in total. The first-order chi connectivity index (χ1) is 14.5. The van der Waals surface area contributed by atoms with Crippen LogP contribution >= 0.6 is 15.9 Å². The molecule has 0 fully saturated rings. The number of carbonyl (C=O) groups is 1. The first-order valence-electron chi connectivity index (χ1n) is 10.3. The summed E-state index contributed by atoms with van der Waals surface area (Å²) in [6.45, 7) is 7.67. The van der Waals surface area contributed by atoms with E-state index < -0.39 is 0 Å². The molecular weight excluding hydrogens is 442 g/mol. The van der Waals surface area contributed by atoms with Gasteiger partial charge in [0, 0.05) is 46.2 Å². The quantitative estimate of drug-likeness (QED) is 0.336. The van der Waals surface area contributed by atoms with Crippen LogP contribution in [0.25, 0.3) is 27.7 Å². The van der Waals surface area contributed by atoms with E-state index >= 15 is 0 Å². The van der Waals surface area contributed by atoms with Crippen LogP contribution in [-0.2, 0) is 4.79 Å². The van der Waals surface area contributed by atoms with Gasteiger partial charge in [-0.3, -0.25) is 4.79 Å². The SMILES string of the molecule is CCCN(CCC)C(=O)/C=C(\C)c1cc2c(-c3ccc(Br)cc3)coc2cc1OC. The van der Waals surface area contributed by atoms with E-state index in [4.69, 9.17) is 9.15 Å². The van der Waals surface area contributed by atoms with Crippen molar-refractivity contribution >= 4 is 38.4 Å². The fraction of sp³-hybridized carbons (Fsp3) is 0.320. The zero-order chi connectivity index (χ0) is 21.7. The van der Waals surface area contributed by atoms with Crippen molar-refractivity contribution in [1.29, 1.82) is 0 Å². The summed E-state index contributed by atoms with van der Waals surface area (Å²) in [4.78, 5) is 14.7. The van der Waals surface area contributed by atoms with E-state index in [-0.39, 0.29) is 5.91 Å². The largest absolute Gasteiger partial charge is 0.496 e. The molecule has 1 aromatic heterocycles. The average Bonchev–Trinajstić information content (AvgIpc) is 3.16. The van der Waals surface area contributed by atoms with Crippen molar-refractivity contribution in [2.24, 2.45) is 0 Å². The van der Waals surface area contributed by atoms with Gasteiger partial charge in [-0.15, -0.1) is 0 Å². The molecule has 0 radical (unpaired) electrons. The first-order valence-corrected chi connectivity index (χ1v) is 11.1. The number of methoxy groups -OCH3 is 1. The second-order valence-electron chi connectivity index (χ2n) is 7.36. The van der Waals surface area contributed by atoms with Crippen molar-refractivity contribution in [3.8, 4) is 16.9 Å². The Balaban J connectivity index is 2.04. The van der Waals surface area contributed by atoms with E-state index in [2.05, 4.69) is 48.0 Å². The molecule has 0 aliphatic carbocycles. The third kappa shape index (κ3) is 4.78. The van der Waals surface area contributed by atoms with Gasteiger partial charge in [-0.25, -0.2) is 0 Å². The lowest BCUT2D eigenvalue weighted by molar-refractivity contribution is -0.126. The van der Waals surface area contributed by atoms with Crippen molar-refractivity contribution in [2.45, 2.75) is 33.6 Å². The number of nitrogens with zero attached hydrogens (tertiary/aromatic N) is 1. The maximum Gasteiger partial charge on any atom is 0.246 e. The van der Waals surface area contributed by atoms with Crippen molar-refractivity contribution in [3.05, 3.63) is 58.8 Å². The number of fused-ring (bicyclic) bond motifs is 1. The van der Waals surface area contributed by atoms with Crippen molar-refractivity contribution in [3.63, 3.8) is 0 Å². The maximum atomic E-state index is 12.8. The lowest BCUT2D eigenvalue weighted by Crippen LogP contribution is -2.31. The molecule has 0 spiro atoms. The maximum absolute atomic E-state index is 12.8. The number of hydrogen-bond donors (Lipinski definition) is 0. The molecule has 30 heavy (non-hydrogen) atoms. The van der Waals surface area contributed by atoms with Gasteiger partial charge in [0.25, 0.3) is 0 Å². The van der Waals surface area contributed by atoms with Gasteiger partial charge in [0.1, 0.15) is 11.3 Å². The predicted molar refractivity (Wildman–Crippen MR) is 127 cm³/mol. The molecule has 0 saturated carbocycles. The molecule has 3 rings (SSSR count). The van der Waals surface area contributed by atoms with Crippen LogP contribution in [0, 0.1) is 0 Å². The van der Waals surface area contributed by atoms with Crippen LogP contribution in [0.15, 0.2) is 57.6 Å². The number of amides is 1. The minimum Gasteiger partial charge on any atom is -0.496 e. The Kier molecular flexibility index (Phi) is 7.38. The standard InChI is InChI=1S/C25H28BrNO3/c1-5-11-27(12-6-2)25(28)13-17(3)20-14-21-22(18-7-9-19(26)10-8-18)16-30-24(21)15-23(20)29-4/h7-10,13-16H,5-6,11-12H2,1-4H3/b17-13+. The fourth-order valence-corrected chi connectivity index (χ4v) is 3.88. The normalized spacial score (nSPS) is 11.7. The second kappa shape index (κ2) is 9.98. The van der Waals surface area contributed by atoms with E-state index in [1.54, 1.807) is 19.4 Å². The van der Waals surface area contributed by atoms with Crippen LogP contribution in [0.5, 0.6) is 5.75 Å². The van der Waals surface area contributed by atoms with Crippen molar-refractivity contribution in [2.75, 3.05) is 20.2 Å². The Morgan fingerprint density at radius 2 is 1.80 bits per heavy atom. The number of carbonyl (C=O) groups excluding carboxylic acids is 1. The zero-order valence-corrected chi connectivity index (χ0v) is 19.6. The molecule has 0 aliphatic rings. The van der Waals surface area contributed by atoms with Crippen LogP contribution in [0.2, 0.25) is 0 Å². The molecular formula is C25H28BrNO3. The van der Waals surface area contributed by atoms with Gasteiger partial charge in [0.15, 0.2) is 0 Å². The van der Waals surface area contributed by atoms with Gasteiger partial charge in [0.05, 0.1) is 13.4 Å². The molecule has 0 aliphatic heterocycles. The van der Waals surface area contributed by atoms with E-state index in [0.29, 0.717) is 5.75 Å². The summed E-state index contributed by atoms with van der Waals surface area (Å²) < 4.78 is 12.4. The van der Waals surface area contributed by atoms with Crippen LogP contribution in [0.4, 0.5) is 0 Å².